The van der Waals surface area contributed by atoms with E-state index in [0.29, 0.717) is 0 Å². The van der Waals surface area contributed by atoms with Gasteiger partial charge in [-0.15, -0.1) is 0 Å². The van der Waals surface area contributed by atoms with Crippen molar-refractivity contribution in [3.05, 3.63) is 47.5 Å². The lowest BCUT2D eigenvalue weighted by molar-refractivity contribution is 0.00984. The maximum atomic E-state index is 9.68. The first-order chi connectivity index (χ1) is 12.2. The number of ether oxygens (including phenoxy) is 1. The highest BCUT2D eigenvalue weighted by atomic mass is 16.5. The predicted octanol–water partition coefficient (Wildman–Crippen LogP) is 2.87. The zero-order chi connectivity index (χ0) is 17.4. The van der Waals surface area contributed by atoms with Crippen LogP contribution in [0, 0.1) is 57.2 Å². The van der Waals surface area contributed by atoms with Crippen LogP contribution in [0.4, 0.5) is 0 Å². The number of rotatable bonds is 0. The van der Waals surface area contributed by atoms with Gasteiger partial charge in [-0.25, -0.2) is 0 Å². The standard InChI is InChI=1S/C20H10N4O/c21-7-19(8-22)17-15-12-5-1-3-11-4-2-6-13(14(11)12)16(15)18(17)20(9-23,10-24)25-19/h1-6,15-18H. The lowest BCUT2D eigenvalue weighted by atomic mass is 9.49. The molecule has 25 heavy (non-hydrogen) atoms. The molecule has 116 valence electrons. The fourth-order valence-corrected chi connectivity index (χ4v) is 5.32. The van der Waals surface area contributed by atoms with Gasteiger partial charge in [0.05, 0.1) is 0 Å². The molecule has 1 saturated heterocycles. The molecular weight excluding hydrogens is 312 g/mol. The number of hydrogen-bond donors (Lipinski definition) is 0. The monoisotopic (exact) mass is 322 g/mol. The molecule has 0 bridgehead atoms. The van der Waals surface area contributed by atoms with Gasteiger partial charge in [-0.05, 0) is 21.9 Å². The molecule has 2 aliphatic carbocycles. The van der Waals surface area contributed by atoms with E-state index in [2.05, 4.69) is 0 Å². The van der Waals surface area contributed by atoms with Crippen molar-refractivity contribution in [1.29, 1.82) is 21.0 Å². The summed E-state index contributed by atoms with van der Waals surface area (Å²) in [4.78, 5) is 0. The van der Waals surface area contributed by atoms with Crippen molar-refractivity contribution in [3.8, 4) is 24.3 Å². The highest BCUT2D eigenvalue weighted by Gasteiger charge is 2.77. The Balaban J connectivity index is 1.81. The molecule has 1 heterocycles. The molecule has 1 saturated carbocycles. The fourth-order valence-electron chi connectivity index (χ4n) is 5.32. The molecule has 2 aromatic carbocycles. The Bertz CT molecular complexity index is 1010. The zero-order valence-electron chi connectivity index (χ0n) is 13.0. The van der Waals surface area contributed by atoms with E-state index in [1.54, 1.807) is 0 Å². The van der Waals surface area contributed by atoms with Crippen molar-refractivity contribution < 1.29 is 4.74 Å². The average molecular weight is 322 g/mol. The minimum atomic E-state index is -1.76. The number of nitriles is 4. The summed E-state index contributed by atoms with van der Waals surface area (Å²) in [7, 11) is 0. The van der Waals surface area contributed by atoms with Gasteiger partial charge in [0, 0.05) is 23.7 Å². The largest absolute Gasteiger partial charge is 0.312 e. The topological polar surface area (TPSA) is 104 Å². The van der Waals surface area contributed by atoms with Gasteiger partial charge in [-0.1, -0.05) is 36.4 Å². The normalized spacial score (nSPS) is 31.5. The van der Waals surface area contributed by atoms with Crippen LogP contribution in [0.3, 0.4) is 0 Å². The maximum absolute atomic E-state index is 9.68. The second-order valence-electron chi connectivity index (χ2n) is 6.92. The van der Waals surface area contributed by atoms with E-state index in [1.165, 1.54) is 0 Å². The van der Waals surface area contributed by atoms with E-state index in [-0.39, 0.29) is 11.8 Å². The van der Waals surface area contributed by atoms with E-state index >= 15 is 0 Å². The maximum Gasteiger partial charge on any atom is 0.247 e. The van der Waals surface area contributed by atoms with Crippen molar-refractivity contribution in [2.75, 3.05) is 0 Å². The van der Waals surface area contributed by atoms with E-state index in [4.69, 9.17) is 4.74 Å². The van der Waals surface area contributed by atoms with Gasteiger partial charge < -0.3 is 4.74 Å². The van der Waals surface area contributed by atoms with Crippen molar-refractivity contribution in [1.82, 2.24) is 0 Å². The Hall–Kier alpha value is -3.38. The third-order valence-corrected chi connectivity index (χ3v) is 6.16. The van der Waals surface area contributed by atoms with Crippen LogP contribution in [-0.2, 0) is 4.74 Å². The van der Waals surface area contributed by atoms with Gasteiger partial charge in [0.2, 0.25) is 11.2 Å². The summed E-state index contributed by atoms with van der Waals surface area (Å²) in [5, 5.41) is 40.9. The number of hydrogen-bond acceptors (Lipinski definition) is 5. The van der Waals surface area contributed by atoms with E-state index in [1.807, 2.05) is 60.7 Å². The summed E-state index contributed by atoms with van der Waals surface area (Å²) in [6.07, 6.45) is 0. The van der Waals surface area contributed by atoms with Crippen LogP contribution in [0.25, 0.3) is 10.8 Å². The fraction of sp³-hybridized carbons (Fsp3) is 0.300. The molecule has 5 heteroatoms. The van der Waals surface area contributed by atoms with Gasteiger partial charge in [0.25, 0.3) is 0 Å². The molecule has 2 aromatic rings. The van der Waals surface area contributed by atoms with Gasteiger partial charge in [0.15, 0.2) is 0 Å². The highest BCUT2D eigenvalue weighted by molar-refractivity contribution is 5.93. The Kier molecular flexibility index (Phi) is 2.34. The third kappa shape index (κ3) is 1.28. The average Bonchev–Trinajstić information content (AvgIpc) is 3.04. The molecule has 5 nitrogen and oxygen atoms in total. The smallest absolute Gasteiger partial charge is 0.247 e. The van der Waals surface area contributed by atoms with Crippen LogP contribution < -0.4 is 0 Å². The Morgan fingerprint density at radius 2 is 1.16 bits per heavy atom. The Labute approximate surface area is 143 Å². The molecule has 0 amide bonds. The molecule has 4 unspecified atom stereocenters. The first kappa shape index (κ1) is 14.0. The van der Waals surface area contributed by atoms with Gasteiger partial charge in [0.1, 0.15) is 24.3 Å². The summed E-state index contributed by atoms with van der Waals surface area (Å²) in [6, 6.07) is 19.9. The quantitative estimate of drug-likeness (QED) is 0.741. The predicted molar refractivity (Wildman–Crippen MR) is 85.4 cm³/mol. The summed E-state index contributed by atoms with van der Waals surface area (Å²) in [6.45, 7) is 0. The van der Waals surface area contributed by atoms with E-state index in [0.717, 1.165) is 21.9 Å². The Morgan fingerprint density at radius 3 is 1.56 bits per heavy atom. The minimum Gasteiger partial charge on any atom is -0.312 e. The van der Waals surface area contributed by atoms with E-state index in [9.17, 15) is 21.0 Å². The molecule has 0 N–H and O–H groups in total. The molecule has 0 spiro atoms. The van der Waals surface area contributed by atoms with Crippen molar-refractivity contribution in [2.45, 2.75) is 23.0 Å². The van der Waals surface area contributed by atoms with Crippen LogP contribution in [0.5, 0.6) is 0 Å². The first-order valence-corrected chi connectivity index (χ1v) is 8.03. The number of fused-ring (bicyclic) bond motifs is 6. The summed E-state index contributed by atoms with van der Waals surface area (Å²) in [5.74, 6) is -1.11. The van der Waals surface area contributed by atoms with Crippen molar-refractivity contribution >= 4 is 10.8 Å². The molecule has 1 aliphatic heterocycles. The van der Waals surface area contributed by atoms with Gasteiger partial charge in [-0.2, -0.15) is 21.0 Å². The van der Waals surface area contributed by atoms with E-state index < -0.39 is 23.0 Å². The van der Waals surface area contributed by atoms with Gasteiger partial charge in [-0.3, -0.25) is 0 Å². The zero-order valence-corrected chi connectivity index (χ0v) is 13.0. The molecule has 2 fully saturated rings. The molecular formula is C20H10N4O. The molecule has 0 radical (unpaired) electrons. The SMILES string of the molecule is N#CC1(C#N)OC(C#N)(C#N)C2C3c4cccc5cccc(c45)C3C21. The van der Waals surface area contributed by atoms with Crippen LogP contribution in [0.2, 0.25) is 0 Å². The molecule has 3 aliphatic rings. The summed E-state index contributed by atoms with van der Waals surface area (Å²) < 4.78 is 5.62. The molecule has 0 aromatic heterocycles. The van der Waals surface area contributed by atoms with Crippen LogP contribution in [0.1, 0.15) is 23.0 Å². The molecule has 4 atom stereocenters. The van der Waals surface area contributed by atoms with Crippen LogP contribution >= 0.6 is 0 Å². The lowest BCUT2D eigenvalue weighted by Crippen LogP contribution is -2.51. The van der Waals surface area contributed by atoms with Gasteiger partial charge >= 0.3 is 0 Å². The Morgan fingerprint density at radius 1 is 0.720 bits per heavy atom. The van der Waals surface area contributed by atoms with Crippen LogP contribution in [-0.4, -0.2) is 11.2 Å². The second kappa shape index (κ2) is 4.17. The first-order valence-electron chi connectivity index (χ1n) is 8.03. The third-order valence-electron chi connectivity index (χ3n) is 6.16. The second-order valence-corrected chi connectivity index (χ2v) is 6.92. The van der Waals surface area contributed by atoms with Crippen molar-refractivity contribution in [3.63, 3.8) is 0 Å². The highest BCUT2D eigenvalue weighted by Crippen LogP contribution is 2.73. The summed E-state index contributed by atoms with van der Waals surface area (Å²) in [5.41, 5.74) is -1.35. The molecule has 5 rings (SSSR count). The van der Waals surface area contributed by atoms with Crippen molar-refractivity contribution in [2.24, 2.45) is 11.8 Å². The lowest BCUT2D eigenvalue weighted by Gasteiger charge is -2.48. The number of nitrogens with zero attached hydrogens (tertiary/aromatic N) is 4. The number of benzene rings is 2. The summed E-state index contributed by atoms with van der Waals surface area (Å²) >= 11 is 0. The van der Waals surface area contributed by atoms with Crippen LogP contribution in [0.15, 0.2) is 36.4 Å². The minimum absolute atomic E-state index is 0.0750.